The van der Waals surface area contributed by atoms with Crippen LogP contribution in [0.25, 0.3) is 10.8 Å². The Morgan fingerprint density at radius 2 is 1.67 bits per heavy atom. The first kappa shape index (κ1) is 10.1. The average molecular weight is 222 g/mol. The van der Waals surface area contributed by atoms with E-state index in [1.165, 1.54) is 0 Å². The van der Waals surface area contributed by atoms with Crippen LogP contribution in [0.2, 0.25) is 0 Å². The topological polar surface area (TPSA) is 43.4 Å². The van der Waals surface area contributed by atoms with Crippen LogP contribution in [-0.4, -0.2) is 15.5 Å². The molecule has 0 aliphatic rings. The van der Waals surface area contributed by atoms with Crippen molar-refractivity contribution >= 4 is 20.9 Å². The molecule has 0 bridgehead atoms. The third kappa shape index (κ3) is 1.86. The van der Waals surface area contributed by atoms with Crippen molar-refractivity contribution in [2.24, 2.45) is 0 Å². The van der Waals surface area contributed by atoms with Crippen LogP contribution in [0, 0.1) is 0 Å². The van der Waals surface area contributed by atoms with Crippen molar-refractivity contribution in [3.63, 3.8) is 0 Å². The first-order valence-electron chi connectivity index (χ1n) is 4.43. The number of rotatable bonds is 2. The first-order chi connectivity index (χ1) is 7.13. The molecule has 0 saturated carbocycles. The Morgan fingerprint density at radius 3 is 2.33 bits per heavy atom. The van der Waals surface area contributed by atoms with Crippen molar-refractivity contribution in [3.8, 4) is 0 Å². The van der Waals surface area contributed by atoms with Gasteiger partial charge >= 0.3 is 0 Å². The normalized spacial score (nSPS) is 11.8. The van der Waals surface area contributed by atoms with Gasteiger partial charge in [0.05, 0.1) is 12.0 Å². The summed E-state index contributed by atoms with van der Waals surface area (Å²) in [6.07, 6.45) is 0. The third-order valence-electron chi connectivity index (χ3n) is 2.23. The fourth-order valence-corrected chi connectivity index (χ4v) is 2.12. The summed E-state index contributed by atoms with van der Waals surface area (Å²) in [7, 11) is -2.43. The van der Waals surface area contributed by atoms with Crippen LogP contribution in [0.4, 0.5) is 0 Å². The highest BCUT2D eigenvalue weighted by Gasteiger charge is 2.12. The molecule has 0 spiro atoms. The molecule has 0 heterocycles. The minimum absolute atomic E-state index is 0.184. The van der Waals surface area contributed by atoms with E-state index in [0.717, 1.165) is 17.9 Å². The molecule has 0 aliphatic carbocycles. The van der Waals surface area contributed by atoms with Gasteiger partial charge in [0.2, 0.25) is 0 Å². The second-order valence-corrected chi connectivity index (χ2v) is 4.84. The third-order valence-corrected chi connectivity index (χ3v) is 3.50. The molecule has 0 fully saturated rings. The van der Waals surface area contributed by atoms with Gasteiger partial charge in [-0.25, -0.2) is 0 Å². The molecular weight excluding hydrogens is 212 g/mol. The molecule has 2 aromatic rings. The maximum absolute atomic E-state index is 11.4. The Bertz CT molecular complexity index is 588. The number of hydrogen-bond donors (Lipinski definition) is 0. The molecular formula is C11H10O3S. The van der Waals surface area contributed by atoms with Crippen molar-refractivity contribution in [3.05, 3.63) is 42.5 Å². The lowest BCUT2D eigenvalue weighted by molar-refractivity contribution is 0.398. The summed E-state index contributed by atoms with van der Waals surface area (Å²) in [5.74, 6) is 0. The predicted molar refractivity (Wildman–Crippen MR) is 58.1 cm³/mol. The predicted octanol–water partition coefficient (Wildman–Crippen LogP) is 2.17. The largest absolute Gasteiger partial charge is 0.296 e. The summed E-state index contributed by atoms with van der Waals surface area (Å²) >= 11 is 0. The van der Waals surface area contributed by atoms with Crippen LogP contribution in [0.1, 0.15) is 0 Å². The Balaban J connectivity index is 2.67. The summed E-state index contributed by atoms with van der Waals surface area (Å²) in [5.41, 5.74) is 0. The standard InChI is InChI=1S/C11H10O3S/c1-14-15(12,13)11-7-6-9-4-2-3-5-10(9)8-11/h2-8H,1H3. The van der Waals surface area contributed by atoms with Gasteiger partial charge in [-0.1, -0.05) is 30.3 Å². The molecule has 2 aromatic carbocycles. The van der Waals surface area contributed by atoms with Crippen molar-refractivity contribution in [1.82, 2.24) is 0 Å². The van der Waals surface area contributed by atoms with Crippen LogP contribution in [0.15, 0.2) is 47.4 Å². The SMILES string of the molecule is COS(=O)(=O)c1ccc2ccccc2c1. The lowest BCUT2D eigenvalue weighted by Gasteiger charge is -2.02. The molecule has 78 valence electrons. The van der Waals surface area contributed by atoms with E-state index in [-0.39, 0.29) is 4.90 Å². The fourth-order valence-electron chi connectivity index (χ4n) is 1.42. The molecule has 0 atom stereocenters. The van der Waals surface area contributed by atoms with Crippen LogP contribution >= 0.6 is 0 Å². The zero-order valence-electron chi connectivity index (χ0n) is 8.17. The van der Waals surface area contributed by atoms with Crippen molar-refractivity contribution in [2.45, 2.75) is 4.90 Å². The van der Waals surface area contributed by atoms with Crippen LogP contribution < -0.4 is 0 Å². The van der Waals surface area contributed by atoms with Gasteiger partial charge in [0, 0.05) is 0 Å². The van der Waals surface area contributed by atoms with E-state index in [0.29, 0.717) is 0 Å². The lowest BCUT2D eigenvalue weighted by atomic mass is 10.1. The number of benzene rings is 2. The summed E-state index contributed by atoms with van der Waals surface area (Å²) in [6, 6.07) is 12.5. The van der Waals surface area contributed by atoms with E-state index in [2.05, 4.69) is 4.18 Å². The van der Waals surface area contributed by atoms with E-state index in [1.54, 1.807) is 18.2 Å². The number of hydrogen-bond acceptors (Lipinski definition) is 3. The van der Waals surface area contributed by atoms with Crippen LogP contribution in [0.3, 0.4) is 0 Å². The van der Waals surface area contributed by atoms with Crippen molar-refractivity contribution in [1.29, 1.82) is 0 Å². The molecule has 0 saturated heterocycles. The monoisotopic (exact) mass is 222 g/mol. The molecule has 0 N–H and O–H groups in total. The molecule has 4 heteroatoms. The quantitative estimate of drug-likeness (QED) is 0.731. The Kier molecular flexibility index (Phi) is 2.46. The van der Waals surface area contributed by atoms with E-state index >= 15 is 0 Å². The number of fused-ring (bicyclic) bond motifs is 1. The molecule has 2 rings (SSSR count). The highest BCUT2D eigenvalue weighted by atomic mass is 32.2. The minimum atomic E-state index is -3.59. The van der Waals surface area contributed by atoms with Gasteiger partial charge in [0.15, 0.2) is 0 Å². The average Bonchev–Trinajstić information content (AvgIpc) is 2.28. The highest BCUT2D eigenvalue weighted by Crippen LogP contribution is 2.19. The van der Waals surface area contributed by atoms with Crippen molar-refractivity contribution < 1.29 is 12.6 Å². The maximum Gasteiger partial charge on any atom is 0.296 e. The van der Waals surface area contributed by atoms with Gasteiger partial charge in [0.25, 0.3) is 10.1 Å². The van der Waals surface area contributed by atoms with Gasteiger partial charge < -0.3 is 0 Å². The molecule has 0 aromatic heterocycles. The second kappa shape index (κ2) is 3.64. The van der Waals surface area contributed by atoms with Gasteiger partial charge in [-0.15, -0.1) is 0 Å². The Hall–Kier alpha value is -1.39. The fraction of sp³-hybridized carbons (Fsp3) is 0.0909. The van der Waals surface area contributed by atoms with E-state index in [4.69, 9.17) is 0 Å². The first-order valence-corrected chi connectivity index (χ1v) is 5.84. The van der Waals surface area contributed by atoms with Gasteiger partial charge in [-0.2, -0.15) is 8.42 Å². The van der Waals surface area contributed by atoms with Gasteiger partial charge in [-0.05, 0) is 22.9 Å². The lowest BCUT2D eigenvalue weighted by Crippen LogP contribution is -2.02. The molecule has 15 heavy (non-hydrogen) atoms. The molecule has 0 unspecified atom stereocenters. The zero-order valence-corrected chi connectivity index (χ0v) is 8.99. The van der Waals surface area contributed by atoms with Crippen molar-refractivity contribution in [2.75, 3.05) is 7.11 Å². The Morgan fingerprint density at radius 1 is 1.00 bits per heavy atom. The summed E-state index contributed by atoms with van der Waals surface area (Å²) in [6.45, 7) is 0. The van der Waals surface area contributed by atoms with Gasteiger partial charge in [-0.3, -0.25) is 4.18 Å². The van der Waals surface area contributed by atoms with E-state index in [9.17, 15) is 8.42 Å². The van der Waals surface area contributed by atoms with E-state index in [1.807, 2.05) is 24.3 Å². The zero-order chi connectivity index (χ0) is 10.9. The Labute approximate surface area is 88.4 Å². The molecule has 0 aliphatic heterocycles. The summed E-state index contributed by atoms with van der Waals surface area (Å²) in [4.78, 5) is 0.184. The smallest absolute Gasteiger partial charge is 0.270 e. The maximum atomic E-state index is 11.4. The van der Waals surface area contributed by atoms with Gasteiger partial charge in [0.1, 0.15) is 0 Å². The highest BCUT2D eigenvalue weighted by molar-refractivity contribution is 7.86. The molecule has 0 amide bonds. The van der Waals surface area contributed by atoms with E-state index < -0.39 is 10.1 Å². The summed E-state index contributed by atoms with van der Waals surface area (Å²) in [5, 5.41) is 1.89. The summed E-state index contributed by atoms with van der Waals surface area (Å²) < 4.78 is 27.3. The van der Waals surface area contributed by atoms with Crippen LogP contribution in [-0.2, 0) is 14.3 Å². The minimum Gasteiger partial charge on any atom is -0.270 e. The molecule has 3 nitrogen and oxygen atoms in total. The van der Waals surface area contributed by atoms with Crippen LogP contribution in [0.5, 0.6) is 0 Å². The molecule has 0 radical (unpaired) electrons. The second-order valence-electron chi connectivity index (χ2n) is 3.13.